The minimum Gasteiger partial charge on any atom is -0.486 e. The van der Waals surface area contributed by atoms with E-state index in [0.717, 1.165) is 67.5 Å². The first-order valence-corrected chi connectivity index (χ1v) is 15.7. The Hall–Kier alpha value is -2.97. The highest BCUT2D eigenvalue weighted by atomic mass is 35.5. The zero-order chi connectivity index (χ0) is 30.1. The van der Waals surface area contributed by atoms with E-state index in [9.17, 15) is 4.79 Å². The molecule has 3 atom stereocenters. The van der Waals surface area contributed by atoms with Crippen LogP contribution in [-0.4, -0.2) is 57.4 Å². The number of carbonyl (C=O) groups excluding carboxylic acids is 1. The predicted molar refractivity (Wildman–Crippen MR) is 168 cm³/mol. The van der Waals surface area contributed by atoms with Gasteiger partial charge in [0.1, 0.15) is 29.7 Å². The van der Waals surface area contributed by atoms with Gasteiger partial charge in [-0.05, 0) is 71.5 Å². The topological polar surface area (TPSA) is 60.5 Å². The number of esters is 1. The average molecular weight is 626 g/mol. The van der Waals surface area contributed by atoms with Crippen LogP contribution in [0, 0.1) is 5.92 Å². The second-order valence-corrected chi connectivity index (χ2v) is 12.6. The third-order valence-corrected chi connectivity index (χ3v) is 9.54. The third-order valence-electron chi connectivity index (χ3n) is 8.81. The summed E-state index contributed by atoms with van der Waals surface area (Å²) in [5.41, 5.74) is 5.53. The van der Waals surface area contributed by atoms with E-state index in [0.29, 0.717) is 28.9 Å². The lowest BCUT2D eigenvalue weighted by Crippen LogP contribution is -2.50. The predicted octanol–water partition coefficient (Wildman–Crippen LogP) is 7.03. The largest absolute Gasteiger partial charge is 0.486 e. The zero-order valence-electron chi connectivity index (χ0n) is 24.9. The number of fused-ring (bicyclic) bond motifs is 2. The van der Waals surface area contributed by atoms with Crippen molar-refractivity contribution in [3.63, 3.8) is 0 Å². The van der Waals surface area contributed by atoms with E-state index in [1.807, 2.05) is 30.3 Å². The Balaban J connectivity index is 1.20. The fraction of sp³-hybridized carbons (Fsp3) is 0.441. The monoisotopic (exact) mass is 624 g/mol. The molecule has 7 nitrogen and oxygen atoms in total. The number of methoxy groups -OCH3 is 1. The van der Waals surface area contributed by atoms with Gasteiger partial charge in [-0.2, -0.15) is 0 Å². The van der Waals surface area contributed by atoms with Gasteiger partial charge < -0.3 is 23.8 Å². The van der Waals surface area contributed by atoms with Gasteiger partial charge in [-0.25, -0.2) is 0 Å². The summed E-state index contributed by atoms with van der Waals surface area (Å²) in [6, 6.07) is 17.9. The number of rotatable bonds is 8. The molecule has 1 fully saturated rings. The molecule has 0 aliphatic carbocycles. The van der Waals surface area contributed by atoms with Gasteiger partial charge in [0.2, 0.25) is 0 Å². The molecule has 3 aliphatic rings. The van der Waals surface area contributed by atoms with Crippen LogP contribution in [0.1, 0.15) is 54.2 Å². The second-order valence-electron chi connectivity index (χ2n) is 11.7. The first-order valence-electron chi connectivity index (χ1n) is 15.0. The number of hydrogen-bond donors (Lipinski definition) is 0. The van der Waals surface area contributed by atoms with Crippen molar-refractivity contribution in [1.82, 2.24) is 4.90 Å². The minimum absolute atomic E-state index is 0.0949. The summed E-state index contributed by atoms with van der Waals surface area (Å²) >= 11 is 12.4. The third kappa shape index (κ3) is 6.46. The number of nitrogens with zero attached hydrogens (tertiary/aromatic N) is 2. The quantitative estimate of drug-likeness (QED) is 0.249. The molecule has 3 aliphatic heterocycles. The molecule has 0 saturated carbocycles. The Morgan fingerprint density at radius 1 is 1.05 bits per heavy atom. The Labute approximate surface area is 263 Å². The van der Waals surface area contributed by atoms with Crippen LogP contribution in [0.2, 0.25) is 10.0 Å². The Bertz CT molecular complexity index is 1460. The first-order chi connectivity index (χ1) is 20.8. The maximum atomic E-state index is 12.7. The molecule has 6 rings (SSSR count). The van der Waals surface area contributed by atoms with Gasteiger partial charge in [0.15, 0.2) is 0 Å². The van der Waals surface area contributed by atoms with Crippen LogP contribution >= 0.6 is 23.2 Å². The van der Waals surface area contributed by atoms with Gasteiger partial charge in [-0.15, -0.1) is 0 Å². The summed E-state index contributed by atoms with van der Waals surface area (Å²) < 4.78 is 23.6. The Morgan fingerprint density at radius 3 is 2.51 bits per heavy atom. The number of carbonyl (C=O) groups is 1. The van der Waals surface area contributed by atoms with Crippen LogP contribution < -0.4 is 14.4 Å². The molecule has 0 unspecified atom stereocenters. The lowest BCUT2D eigenvalue weighted by molar-refractivity contribution is -0.149. The molecule has 0 aromatic heterocycles. The zero-order valence-corrected chi connectivity index (χ0v) is 26.4. The van der Waals surface area contributed by atoms with Crippen molar-refractivity contribution in [2.45, 2.75) is 51.0 Å². The van der Waals surface area contributed by atoms with E-state index in [4.69, 9.17) is 42.1 Å². The molecule has 3 heterocycles. The van der Waals surface area contributed by atoms with Crippen molar-refractivity contribution in [1.29, 1.82) is 0 Å². The van der Waals surface area contributed by atoms with E-state index in [1.54, 1.807) is 0 Å². The molecular weight excluding hydrogens is 587 g/mol. The summed E-state index contributed by atoms with van der Waals surface area (Å²) in [5, 5.41) is 1.06. The van der Waals surface area contributed by atoms with Crippen LogP contribution in [0.4, 0.5) is 5.69 Å². The van der Waals surface area contributed by atoms with Gasteiger partial charge in [0.25, 0.3) is 0 Å². The van der Waals surface area contributed by atoms with Crippen LogP contribution in [0.3, 0.4) is 0 Å². The maximum absolute atomic E-state index is 12.7. The van der Waals surface area contributed by atoms with Crippen LogP contribution in [0.25, 0.3) is 0 Å². The normalized spacial score (nSPS) is 21.1. The lowest BCUT2D eigenvalue weighted by Gasteiger charge is -2.39. The van der Waals surface area contributed by atoms with E-state index in [2.05, 4.69) is 48.0 Å². The molecular formula is C34H38Cl2N2O5. The fourth-order valence-electron chi connectivity index (χ4n) is 6.24. The van der Waals surface area contributed by atoms with Crippen molar-refractivity contribution >= 4 is 34.9 Å². The van der Waals surface area contributed by atoms with Gasteiger partial charge in [0, 0.05) is 39.0 Å². The fourth-order valence-corrected chi connectivity index (χ4v) is 6.54. The second kappa shape index (κ2) is 12.9. The highest BCUT2D eigenvalue weighted by Crippen LogP contribution is 2.41. The molecule has 0 radical (unpaired) electrons. The minimum atomic E-state index is -0.286. The van der Waals surface area contributed by atoms with Crippen LogP contribution in [0.5, 0.6) is 11.5 Å². The molecule has 9 heteroatoms. The van der Waals surface area contributed by atoms with Crippen molar-refractivity contribution in [2.75, 3.05) is 45.4 Å². The summed E-state index contributed by atoms with van der Waals surface area (Å²) in [5.74, 6) is 1.93. The molecule has 3 aromatic carbocycles. The van der Waals surface area contributed by atoms with Crippen molar-refractivity contribution in [3.05, 3.63) is 86.9 Å². The summed E-state index contributed by atoms with van der Waals surface area (Å²) in [7, 11) is 3.57. The van der Waals surface area contributed by atoms with E-state index in [1.165, 1.54) is 18.2 Å². The van der Waals surface area contributed by atoms with Gasteiger partial charge in [-0.1, -0.05) is 48.3 Å². The first kappa shape index (κ1) is 30.1. The molecule has 1 saturated heterocycles. The smallest absolute Gasteiger partial charge is 0.323 e. The highest BCUT2D eigenvalue weighted by molar-refractivity contribution is 6.42. The summed E-state index contributed by atoms with van der Waals surface area (Å²) in [6.45, 7) is 5.92. The van der Waals surface area contributed by atoms with Crippen LogP contribution in [0.15, 0.2) is 54.6 Å². The van der Waals surface area contributed by atoms with E-state index < -0.39 is 0 Å². The van der Waals surface area contributed by atoms with Gasteiger partial charge in [0.05, 0.1) is 36.1 Å². The van der Waals surface area contributed by atoms with Crippen molar-refractivity contribution < 1.29 is 23.7 Å². The number of halogens is 2. The van der Waals surface area contributed by atoms with Gasteiger partial charge >= 0.3 is 5.97 Å². The van der Waals surface area contributed by atoms with Crippen molar-refractivity contribution in [3.8, 4) is 11.5 Å². The maximum Gasteiger partial charge on any atom is 0.323 e. The Morgan fingerprint density at radius 2 is 1.84 bits per heavy atom. The lowest BCUT2D eigenvalue weighted by atomic mass is 9.91. The number of hydrogen-bond acceptors (Lipinski definition) is 7. The molecule has 3 aromatic rings. The number of ether oxygens (including phenoxy) is 4. The SMILES string of the molecule is CC[C@@H](Oc1ccc([C@H]2CCN(C)c3cc4c(cc3O2)CN(CC2COC2)[C@H](C(=O)OC)C4)cc1)c1ccc(Cl)c(Cl)c1. The van der Waals surface area contributed by atoms with Crippen LogP contribution in [-0.2, 0) is 27.2 Å². The molecule has 0 bridgehead atoms. The molecule has 0 amide bonds. The van der Waals surface area contributed by atoms with Crippen molar-refractivity contribution in [2.24, 2.45) is 5.92 Å². The summed E-state index contributed by atoms with van der Waals surface area (Å²) in [6.07, 6.45) is 2.04. The van der Waals surface area contributed by atoms with E-state index >= 15 is 0 Å². The molecule has 228 valence electrons. The average Bonchev–Trinajstić information content (AvgIpc) is 3.15. The van der Waals surface area contributed by atoms with Gasteiger partial charge in [-0.3, -0.25) is 9.69 Å². The highest BCUT2D eigenvalue weighted by Gasteiger charge is 2.36. The molecule has 43 heavy (non-hydrogen) atoms. The summed E-state index contributed by atoms with van der Waals surface area (Å²) in [4.78, 5) is 17.2. The standard InChI is InChI=1S/C34H38Cl2N2O5/c1-4-31(23-7-10-27(35)28(36)13-23)42-26-8-5-22(6-9-26)32-11-12-37(2)29-14-24-15-30(34(39)40-3)38(17-21-19-41-20-21)18-25(24)16-33(29)43-32/h5-10,13-14,16,21,30-32H,4,11-12,15,17-20H2,1-3H3/t30-,31+,32+/m0/s1. The van der Waals surface area contributed by atoms with E-state index in [-0.39, 0.29) is 24.2 Å². The molecule has 0 N–H and O–H groups in total. The number of anilines is 1. The Kier molecular flexibility index (Phi) is 9.05. The molecule has 0 spiro atoms. The number of benzene rings is 3.